The molecule has 0 heterocycles. The molecule has 3 heteroatoms. The quantitative estimate of drug-likeness (QED) is 0.774. The number of rotatable bonds is 3. The molecule has 2 N–H and O–H groups in total. The Balaban J connectivity index is 2.95. The van der Waals surface area contributed by atoms with Crippen LogP contribution in [-0.4, -0.2) is 24.2 Å². The molecule has 0 aliphatic heterocycles. The van der Waals surface area contributed by atoms with Crippen molar-refractivity contribution in [2.24, 2.45) is 0 Å². The second-order valence-electron chi connectivity index (χ2n) is 3.72. The van der Waals surface area contributed by atoms with Crippen molar-refractivity contribution in [3.63, 3.8) is 0 Å². The average molecular weight is 231 g/mol. The molecule has 0 radical (unpaired) electrons. The largest absolute Gasteiger partial charge is 0.395 e. The van der Waals surface area contributed by atoms with Crippen LogP contribution in [0.4, 0.5) is 0 Å². The Morgan fingerprint density at radius 1 is 1.41 bits per heavy atom. The summed E-state index contributed by atoms with van der Waals surface area (Å²) in [6, 6.07) is 5.53. The van der Waals surface area contributed by atoms with Gasteiger partial charge in [0, 0.05) is 24.1 Å². The molecule has 0 saturated carbocycles. The highest BCUT2D eigenvalue weighted by atomic mass is 16.2. The molecule has 0 aromatic heterocycles. The first-order valence-electron chi connectivity index (χ1n) is 5.67. The van der Waals surface area contributed by atoms with Crippen LogP contribution in [0.25, 0.3) is 0 Å². The van der Waals surface area contributed by atoms with Gasteiger partial charge in [0.25, 0.3) is 5.91 Å². The van der Waals surface area contributed by atoms with Gasteiger partial charge >= 0.3 is 0 Å². The van der Waals surface area contributed by atoms with E-state index < -0.39 is 0 Å². The highest BCUT2D eigenvalue weighted by molar-refractivity contribution is 5.94. The van der Waals surface area contributed by atoms with Crippen LogP contribution in [0.5, 0.6) is 0 Å². The third kappa shape index (κ3) is 4.29. The fourth-order valence-corrected chi connectivity index (χ4v) is 1.47. The van der Waals surface area contributed by atoms with Crippen LogP contribution in [0.1, 0.15) is 34.8 Å². The van der Waals surface area contributed by atoms with Crippen molar-refractivity contribution in [2.75, 3.05) is 13.2 Å². The number of amides is 1. The van der Waals surface area contributed by atoms with Gasteiger partial charge in [-0.25, -0.2) is 0 Å². The molecule has 90 valence electrons. The molecular formula is C14H17NO2. The zero-order valence-electron chi connectivity index (χ0n) is 10.2. The lowest BCUT2D eigenvalue weighted by atomic mass is 10.1. The monoisotopic (exact) mass is 231 g/mol. The summed E-state index contributed by atoms with van der Waals surface area (Å²) in [7, 11) is 0. The van der Waals surface area contributed by atoms with Crippen molar-refractivity contribution in [3.05, 3.63) is 34.9 Å². The molecule has 1 aromatic rings. The van der Waals surface area contributed by atoms with Crippen molar-refractivity contribution in [1.29, 1.82) is 0 Å². The second kappa shape index (κ2) is 6.72. The van der Waals surface area contributed by atoms with E-state index >= 15 is 0 Å². The van der Waals surface area contributed by atoms with E-state index in [2.05, 4.69) is 17.2 Å². The average Bonchev–Trinajstić information content (AvgIpc) is 2.29. The van der Waals surface area contributed by atoms with Gasteiger partial charge in [-0.3, -0.25) is 4.79 Å². The maximum absolute atomic E-state index is 11.7. The van der Waals surface area contributed by atoms with Crippen LogP contribution in [0, 0.1) is 18.8 Å². The maximum atomic E-state index is 11.7. The van der Waals surface area contributed by atoms with Gasteiger partial charge < -0.3 is 10.4 Å². The van der Waals surface area contributed by atoms with Crippen LogP contribution in [-0.2, 0) is 0 Å². The molecule has 0 aliphatic rings. The van der Waals surface area contributed by atoms with Crippen molar-refractivity contribution in [3.8, 4) is 11.8 Å². The summed E-state index contributed by atoms with van der Waals surface area (Å²) in [6.07, 6.45) is 0.449. The van der Waals surface area contributed by atoms with Gasteiger partial charge in [0.05, 0.1) is 6.61 Å². The third-order valence-electron chi connectivity index (χ3n) is 2.15. The highest BCUT2D eigenvalue weighted by Crippen LogP contribution is 2.09. The number of carbonyl (C=O) groups excluding carboxylic acids is 1. The van der Waals surface area contributed by atoms with Gasteiger partial charge in [-0.05, 0) is 37.6 Å². The molecule has 1 rings (SSSR count). The third-order valence-corrected chi connectivity index (χ3v) is 2.15. The van der Waals surface area contributed by atoms with Crippen molar-refractivity contribution < 1.29 is 9.90 Å². The van der Waals surface area contributed by atoms with E-state index in [1.54, 1.807) is 6.07 Å². The van der Waals surface area contributed by atoms with Gasteiger partial charge in [0.1, 0.15) is 0 Å². The number of aryl methyl sites for hydroxylation is 1. The Hall–Kier alpha value is -1.79. The summed E-state index contributed by atoms with van der Waals surface area (Å²) in [5.74, 6) is 5.70. The highest BCUT2D eigenvalue weighted by Gasteiger charge is 2.05. The lowest BCUT2D eigenvalue weighted by Crippen LogP contribution is -2.22. The van der Waals surface area contributed by atoms with E-state index in [0.717, 1.165) is 11.1 Å². The van der Waals surface area contributed by atoms with Crippen LogP contribution < -0.4 is 5.32 Å². The molecule has 0 atom stereocenters. The molecule has 17 heavy (non-hydrogen) atoms. The van der Waals surface area contributed by atoms with Gasteiger partial charge in [-0.15, -0.1) is 0 Å². The lowest BCUT2D eigenvalue weighted by molar-refractivity contribution is 0.0955. The molecule has 0 spiro atoms. The fraction of sp³-hybridized carbons (Fsp3) is 0.357. The number of nitrogens with one attached hydrogen (secondary N) is 1. The standard InChI is InChI=1S/C14H17NO2/c1-3-15-14(17)13-9-11(2)8-12(10-13)6-4-5-7-16/h8-10,16H,3,5,7H2,1-2H3,(H,15,17). The number of aliphatic hydroxyl groups excluding tert-OH is 1. The minimum atomic E-state index is -0.0820. The van der Waals surface area contributed by atoms with Crippen LogP contribution in [0.3, 0.4) is 0 Å². The van der Waals surface area contributed by atoms with E-state index in [4.69, 9.17) is 5.11 Å². The van der Waals surface area contributed by atoms with E-state index in [-0.39, 0.29) is 12.5 Å². The number of carbonyl (C=O) groups is 1. The van der Waals surface area contributed by atoms with Crippen molar-refractivity contribution >= 4 is 5.91 Å². The predicted octanol–water partition coefficient (Wildman–Crippen LogP) is 1.48. The molecule has 0 unspecified atom stereocenters. The van der Waals surface area contributed by atoms with Crippen LogP contribution in [0.2, 0.25) is 0 Å². The predicted molar refractivity (Wildman–Crippen MR) is 67.8 cm³/mol. The van der Waals surface area contributed by atoms with Gasteiger partial charge in [0.15, 0.2) is 0 Å². The summed E-state index contributed by atoms with van der Waals surface area (Å²) < 4.78 is 0. The number of aliphatic hydroxyl groups is 1. The van der Waals surface area contributed by atoms with Gasteiger partial charge in [0.2, 0.25) is 0 Å². The first-order valence-corrected chi connectivity index (χ1v) is 5.67. The number of hydrogen-bond donors (Lipinski definition) is 2. The molecule has 0 aliphatic carbocycles. The van der Waals surface area contributed by atoms with E-state index in [9.17, 15) is 4.79 Å². The van der Waals surface area contributed by atoms with Crippen molar-refractivity contribution in [1.82, 2.24) is 5.32 Å². The fourth-order valence-electron chi connectivity index (χ4n) is 1.47. The van der Waals surface area contributed by atoms with Crippen LogP contribution in [0.15, 0.2) is 18.2 Å². The molecule has 0 bridgehead atoms. The van der Waals surface area contributed by atoms with E-state index in [1.165, 1.54) is 0 Å². The lowest BCUT2D eigenvalue weighted by Gasteiger charge is -2.04. The Morgan fingerprint density at radius 2 is 2.18 bits per heavy atom. The summed E-state index contributed by atoms with van der Waals surface area (Å²) in [5, 5.41) is 11.4. The minimum absolute atomic E-state index is 0.0575. The molecule has 1 amide bonds. The van der Waals surface area contributed by atoms with E-state index in [1.807, 2.05) is 26.0 Å². The number of benzene rings is 1. The van der Waals surface area contributed by atoms with E-state index in [0.29, 0.717) is 18.5 Å². The van der Waals surface area contributed by atoms with Crippen molar-refractivity contribution in [2.45, 2.75) is 20.3 Å². The summed E-state index contributed by atoms with van der Waals surface area (Å²) in [6.45, 7) is 4.48. The van der Waals surface area contributed by atoms with Gasteiger partial charge in [-0.2, -0.15) is 0 Å². The normalized spacial score (nSPS) is 9.35. The molecule has 3 nitrogen and oxygen atoms in total. The number of hydrogen-bond acceptors (Lipinski definition) is 2. The topological polar surface area (TPSA) is 49.3 Å². The first-order chi connectivity index (χ1) is 8.17. The molecular weight excluding hydrogens is 214 g/mol. The second-order valence-corrected chi connectivity index (χ2v) is 3.72. The van der Waals surface area contributed by atoms with Crippen LogP contribution >= 0.6 is 0 Å². The molecule has 1 aromatic carbocycles. The minimum Gasteiger partial charge on any atom is -0.395 e. The molecule has 0 fully saturated rings. The Morgan fingerprint density at radius 3 is 2.82 bits per heavy atom. The first kappa shape index (κ1) is 13.3. The maximum Gasteiger partial charge on any atom is 0.251 e. The van der Waals surface area contributed by atoms with Gasteiger partial charge in [-0.1, -0.05) is 11.8 Å². The summed E-state index contributed by atoms with van der Waals surface area (Å²) in [4.78, 5) is 11.7. The summed E-state index contributed by atoms with van der Waals surface area (Å²) >= 11 is 0. The Bertz CT molecular complexity index is 455. The summed E-state index contributed by atoms with van der Waals surface area (Å²) in [5.41, 5.74) is 2.43. The SMILES string of the molecule is CCNC(=O)c1cc(C)cc(C#CCCO)c1. The molecule has 0 saturated heterocycles. The zero-order valence-corrected chi connectivity index (χ0v) is 10.2. The Labute approximate surface area is 102 Å². The zero-order chi connectivity index (χ0) is 12.7. The smallest absolute Gasteiger partial charge is 0.251 e. The Kier molecular flexibility index (Phi) is 5.25.